The lowest BCUT2D eigenvalue weighted by Gasteiger charge is -1.97. The molecule has 0 saturated heterocycles. The highest BCUT2D eigenvalue weighted by molar-refractivity contribution is 5.24. The van der Waals surface area contributed by atoms with Crippen LogP contribution in [0.5, 0.6) is 0 Å². The first kappa shape index (κ1) is 11.8. The molecule has 0 aliphatic carbocycles. The van der Waals surface area contributed by atoms with Gasteiger partial charge in [-0.1, -0.05) is 41.9 Å². The molecule has 1 N–H and O–H groups in total. The van der Waals surface area contributed by atoms with Gasteiger partial charge in [-0.05, 0) is 19.0 Å². The second-order valence-electron chi connectivity index (χ2n) is 4.05. The van der Waals surface area contributed by atoms with Gasteiger partial charge in [-0.15, -0.1) is 0 Å². The maximum absolute atomic E-state index is 5.20. The largest absolute Gasteiger partial charge is 0.339 e. The molecule has 17 heavy (non-hydrogen) atoms. The lowest BCUT2D eigenvalue weighted by atomic mass is 10.1. The van der Waals surface area contributed by atoms with Gasteiger partial charge in [0.1, 0.15) is 0 Å². The van der Waals surface area contributed by atoms with Gasteiger partial charge in [0.25, 0.3) is 0 Å². The van der Waals surface area contributed by atoms with Crippen molar-refractivity contribution in [2.75, 3.05) is 6.54 Å². The Morgan fingerprint density at radius 3 is 3.00 bits per heavy atom. The number of aromatic nitrogens is 2. The van der Waals surface area contributed by atoms with Crippen LogP contribution in [-0.2, 0) is 13.0 Å². The summed E-state index contributed by atoms with van der Waals surface area (Å²) in [6.07, 6.45) is 0.695. The lowest BCUT2D eigenvalue weighted by molar-refractivity contribution is 0.378. The molecule has 4 nitrogen and oxygen atoms in total. The zero-order chi connectivity index (χ0) is 12.1. The van der Waals surface area contributed by atoms with Gasteiger partial charge < -0.3 is 9.84 Å². The minimum atomic E-state index is 0.661. The average Bonchev–Trinajstić information content (AvgIpc) is 2.74. The van der Waals surface area contributed by atoms with E-state index in [-0.39, 0.29) is 0 Å². The highest BCUT2D eigenvalue weighted by atomic mass is 16.5. The Bertz CT molecular complexity index is 479. The number of benzene rings is 1. The molecule has 0 spiro atoms. The number of hydrogen-bond donors (Lipinski definition) is 1. The number of nitrogens with one attached hydrogen (secondary N) is 1. The van der Waals surface area contributed by atoms with Crippen molar-refractivity contribution < 1.29 is 4.52 Å². The summed E-state index contributed by atoms with van der Waals surface area (Å²) in [6, 6.07) is 8.32. The van der Waals surface area contributed by atoms with Crippen molar-refractivity contribution >= 4 is 0 Å². The van der Waals surface area contributed by atoms with E-state index in [4.69, 9.17) is 4.52 Å². The highest BCUT2D eigenvalue weighted by Gasteiger charge is 2.06. The van der Waals surface area contributed by atoms with E-state index in [0.29, 0.717) is 18.9 Å². The maximum Gasteiger partial charge on any atom is 0.231 e. The smallest absolute Gasteiger partial charge is 0.231 e. The lowest BCUT2D eigenvalue weighted by Crippen LogP contribution is -2.12. The Morgan fingerprint density at radius 2 is 2.24 bits per heavy atom. The molecule has 1 aromatic carbocycles. The Balaban J connectivity index is 2.01. The Kier molecular flexibility index (Phi) is 3.88. The molecule has 4 heteroatoms. The second kappa shape index (κ2) is 5.59. The summed E-state index contributed by atoms with van der Waals surface area (Å²) in [5.74, 6) is 1.39. The number of hydrogen-bond acceptors (Lipinski definition) is 4. The van der Waals surface area contributed by atoms with E-state index in [0.717, 1.165) is 12.4 Å². The van der Waals surface area contributed by atoms with Crippen LogP contribution in [0.25, 0.3) is 0 Å². The van der Waals surface area contributed by atoms with Gasteiger partial charge in [-0.2, -0.15) is 4.98 Å². The van der Waals surface area contributed by atoms with Crippen LogP contribution >= 0.6 is 0 Å². The number of rotatable bonds is 5. The quantitative estimate of drug-likeness (QED) is 0.856. The van der Waals surface area contributed by atoms with E-state index in [1.807, 2.05) is 13.0 Å². The fraction of sp³-hybridized carbons (Fsp3) is 0.385. The fourth-order valence-corrected chi connectivity index (χ4v) is 1.67. The summed E-state index contributed by atoms with van der Waals surface area (Å²) < 4.78 is 5.20. The summed E-state index contributed by atoms with van der Waals surface area (Å²) in [6.45, 7) is 5.69. The van der Waals surface area contributed by atoms with Gasteiger partial charge in [0.15, 0.2) is 5.82 Å². The molecule has 0 aliphatic rings. The van der Waals surface area contributed by atoms with Crippen molar-refractivity contribution in [3.05, 3.63) is 47.1 Å². The SMILES string of the molecule is CCNCc1noc(Cc2cccc(C)c2)n1. The topological polar surface area (TPSA) is 51.0 Å². The Morgan fingerprint density at radius 1 is 1.35 bits per heavy atom. The van der Waals surface area contributed by atoms with Crippen molar-refractivity contribution in [3.8, 4) is 0 Å². The molecule has 0 fully saturated rings. The monoisotopic (exact) mass is 231 g/mol. The van der Waals surface area contributed by atoms with Crippen LogP contribution in [-0.4, -0.2) is 16.7 Å². The third-order valence-corrected chi connectivity index (χ3v) is 2.48. The van der Waals surface area contributed by atoms with Crippen molar-refractivity contribution in [1.29, 1.82) is 0 Å². The van der Waals surface area contributed by atoms with Gasteiger partial charge in [0.05, 0.1) is 13.0 Å². The first-order valence-electron chi connectivity index (χ1n) is 5.85. The van der Waals surface area contributed by atoms with Crippen molar-refractivity contribution in [2.45, 2.75) is 26.8 Å². The van der Waals surface area contributed by atoms with E-state index in [1.54, 1.807) is 0 Å². The molecule has 1 heterocycles. The predicted octanol–water partition coefficient (Wildman–Crippen LogP) is 2.08. The van der Waals surface area contributed by atoms with Crippen molar-refractivity contribution in [2.24, 2.45) is 0 Å². The van der Waals surface area contributed by atoms with Gasteiger partial charge in [-0.25, -0.2) is 0 Å². The molecule has 0 aliphatic heterocycles. The van der Waals surface area contributed by atoms with E-state index in [1.165, 1.54) is 11.1 Å². The standard InChI is InChI=1S/C13H17N3O/c1-3-14-9-12-15-13(17-16-12)8-11-6-4-5-10(2)7-11/h4-7,14H,3,8-9H2,1-2H3. The summed E-state index contributed by atoms with van der Waals surface area (Å²) in [4.78, 5) is 4.33. The molecule has 0 amide bonds. The number of aryl methyl sites for hydroxylation is 1. The van der Waals surface area contributed by atoms with Crippen LogP contribution in [0.2, 0.25) is 0 Å². The molecule has 0 bridgehead atoms. The summed E-state index contributed by atoms with van der Waals surface area (Å²) >= 11 is 0. The maximum atomic E-state index is 5.20. The van der Waals surface area contributed by atoms with Crippen LogP contribution in [0.15, 0.2) is 28.8 Å². The molecule has 0 unspecified atom stereocenters. The van der Waals surface area contributed by atoms with Crippen LogP contribution in [0.3, 0.4) is 0 Å². The van der Waals surface area contributed by atoms with Crippen molar-refractivity contribution in [1.82, 2.24) is 15.5 Å². The van der Waals surface area contributed by atoms with Crippen LogP contribution < -0.4 is 5.32 Å². The van der Waals surface area contributed by atoms with E-state index in [9.17, 15) is 0 Å². The minimum absolute atomic E-state index is 0.661. The molecule has 0 saturated carbocycles. The molecule has 0 atom stereocenters. The zero-order valence-corrected chi connectivity index (χ0v) is 10.2. The molecular weight excluding hydrogens is 214 g/mol. The van der Waals surface area contributed by atoms with Crippen LogP contribution in [0, 0.1) is 6.92 Å². The Labute approximate surface area is 101 Å². The first-order chi connectivity index (χ1) is 8.28. The highest BCUT2D eigenvalue weighted by Crippen LogP contribution is 2.09. The van der Waals surface area contributed by atoms with Gasteiger partial charge in [0, 0.05) is 0 Å². The van der Waals surface area contributed by atoms with Crippen LogP contribution in [0.4, 0.5) is 0 Å². The van der Waals surface area contributed by atoms with E-state index < -0.39 is 0 Å². The van der Waals surface area contributed by atoms with Crippen LogP contribution in [0.1, 0.15) is 29.8 Å². The summed E-state index contributed by atoms with van der Waals surface area (Å²) in [5.41, 5.74) is 2.44. The first-order valence-corrected chi connectivity index (χ1v) is 5.85. The van der Waals surface area contributed by atoms with Crippen molar-refractivity contribution in [3.63, 3.8) is 0 Å². The zero-order valence-electron chi connectivity index (χ0n) is 10.2. The van der Waals surface area contributed by atoms with E-state index in [2.05, 4.69) is 40.6 Å². The second-order valence-corrected chi connectivity index (χ2v) is 4.05. The van der Waals surface area contributed by atoms with Gasteiger partial charge >= 0.3 is 0 Å². The normalized spacial score (nSPS) is 10.7. The summed E-state index contributed by atoms with van der Waals surface area (Å²) in [5, 5.41) is 7.09. The number of nitrogens with zero attached hydrogens (tertiary/aromatic N) is 2. The third-order valence-electron chi connectivity index (χ3n) is 2.48. The molecule has 1 aromatic heterocycles. The van der Waals surface area contributed by atoms with E-state index >= 15 is 0 Å². The van der Waals surface area contributed by atoms with Gasteiger partial charge in [0.2, 0.25) is 5.89 Å². The molecule has 90 valence electrons. The third kappa shape index (κ3) is 3.39. The molecule has 2 aromatic rings. The summed E-state index contributed by atoms with van der Waals surface area (Å²) in [7, 11) is 0. The minimum Gasteiger partial charge on any atom is -0.339 e. The Hall–Kier alpha value is -1.68. The molecule has 0 radical (unpaired) electrons. The fourth-order valence-electron chi connectivity index (χ4n) is 1.67. The predicted molar refractivity (Wildman–Crippen MR) is 65.7 cm³/mol. The molecular formula is C13H17N3O. The average molecular weight is 231 g/mol. The molecule has 2 rings (SSSR count). The van der Waals surface area contributed by atoms with Gasteiger partial charge in [-0.3, -0.25) is 0 Å².